The van der Waals surface area contributed by atoms with Crippen molar-refractivity contribution < 1.29 is 14.2 Å². The van der Waals surface area contributed by atoms with Crippen molar-refractivity contribution in [1.29, 1.82) is 0 Å². The van der Waals surface area contributed by atoms with Crippen LogP contribution in [0.3, 0.4) is 0 Å². The monoisotopic (exact) mass is 418 g/mol. The Labute approximate surface area is 147 Å². The van der Waals surface area contributed by atoms with E-state index in [0.29, 0.717) is 0 Å². The third kappa shape index (κ3) is 6.87. The molecule has 119 valence electrons. The Bertz CT molecular complexity index is 448. The van der Waals surface area contributed by atoms with Gasteiger partial charge in [0.15, 0.2) is 5.11 Å². The summed E-state index contributed by atoms with van der Waals surface area (Å²) in [6.45, 7) is 3.99. The van der Waals surface area contributed by atoms with Crippen LogP contribution in [0.2, 0.25) is 0 Å². The van der Waals surface area contributed by atoms with E-state index in [0.717, 1.165) is 29.6 Å². The van der Waals surface area contributed by atoms with E-state index in [1.54, 1.807) is 6.20 Å². The van der Waals surface area contributed by atoms with E-state index in [9.17, 15) is 0 Å². The number of nitrogens with zero attached hydrogens (tertiary/aromatic N) is 3. The van der Waals surface area contributed by atoms with E-state index in [4.69, 9.17) is 12.2 Å². The van der Waals surface area contributed by atoms with E-state index in [2.05, 4.69) is 48.7 Å². The molecule has 1 aliphatic rings. The van der Waals surface area contributed by atoms with Gasteiger partial charge in [-0.25, -0.2) is 0 Å². The summed E-state index contributed by atoms with van der Waals surface area (Å²) >= 11 is 11.9. The normalized spacial score (nSPS) is 15.6. The third-order valence-corrected chi connectivity index (χ3v) is 3.60. The van der Waals surface area contributed by atoms with Gasteiger partial charge in [-0.05, 0) is 44.1 Å². The average molecular weight is 420 g/mol. The molecule has 0 radical (unpaired) electrons. The second-order valence-corrected chi connectivity index (χ2v) is 5.12. The molecule has 0 unspecified atom stereocenters. The predicted octanol–water partition coefficient (Wildman–Crippen LogP) is 3.40. The van der Waals surface area contributed by atoms with Crippen molar-refractivity contribution in [2.24, 2.45) is 5.10 Å². The van der Waals surface area contributed by atoms with Crippen molar-refractivity contribution in [2.75, 3.05) is 13.1 Å². The van der Waals surface area contributed by atoms with Crippen LogP contribution in [0.25, 0.3) is 0 Å². The summed E-state index contributed by atoms with van der Waals surface area (Å²) in [5.41, 5.74) is 4.70. The molecule has 21 heavy (non-hydrogen) atoms. The maximum absolute atomic E-state index is 5.39. The Hall–Kier alpha value is -0.491. The summed E-state index contributed by atoms with van der Waals surface area (Å²) in [7, 11) is 0. The standard InChI is InChI=1S/C14H20N4S.BrH.Cu/c1-12(13-8-4-5-9-15-13)16-17-14(19)18-10-6-2-3-7-11-18;;/h4-5,8-9H,2-3,6-7,10-11H2,1H3,(H,17,19);1H;/q;;+2/p-1. The Kier molecular flexibility index (Phi) is 9.83. The van der Waals surface area contributed by atoms with Gasteiger partial charge in [-0.2, -0.15) is 5.10 Å². The van der Waals surface area contributed by atoms with Gasteiger partial charge in [-0.1, -0.05) is 18.9 Å². The first-order valence-corrected chi connectivity index (χ1v) is 9.63. The van der Waals surface area contributed by atoms with Gasteiger partial charge in [0, 0.05) is 19.3 Å². The Balaban J connectivity index is 0.00000106. The Morgan fingerprint density at radius 2 is 1.95 bits per heavy atom. The number of hydrazone groups is 1. The van der Waals surface area contributed by atoms with Crippen LogP contribution < -0.4 is 5.43 Å². The first kappa shape index (κ1) is 18.6. The van der Waals surface area contributed by atoms with Crippen molar-refractivity contribution in [3.8, 4) is 0 Å². The van der Waals surface area contributed by atoms with Crippen LogP contribution in [0.5, 0.6) is 0 Å². The fourth-order valence-corrected chi connectivity index (χ4v) is 2.34. The molecule has 1 saturated heterocycles. The molecular formula is C14H20BrCuN4S+. The van der Waals surface area contributed by atoms with Crippen LogP contribution in [0.4, 0.5) is 0 Å². The van der Waals surface area contributed by atoms with Gasteiger partial charge in [0.1, 0.15) is 0 Å². The SMILES string of the molecule is CC(=NNC(=S)N1CCCCCC1)c1ccccn1.[Cu+][Br]. The van der Waals surface area contributed by atoms with Gasteiger partial charge in [-0.15, -0.1) is 0 Å². The summed E-state index contributed by atoms with van der Waals surface area (Å²) in [6, 6.07) is 5.79. The molecule has 0 atom stereocenters. The summed E-state index contributed by atoms with van der Waals surface area (Å²) in [4.78, 5) is 6.46. The van der Waals surface area contributed by atoms with E-state index < -0.39 is 0 Å². The van der Waals surface area contributed by atoms with E-state index in [1.165, 1.54) is 25.7 Å². The molecule has 2 rings (SSSR count). The zero-order valence-electron chi connectivity index (χ0n) is 12.0. The van der Waals surface area contributed by atoms with Crippen LogP contribution >= 0.6 is 26.3 Å². The van der Waals surface area contributed by atoms with Gasteiger partial charge in [0.25, 0.3) is 0 Å². The van der Waals surface area contributed by atoms with Crippen molar-refractivity contribution in [2.45, 2.75) is 32.6 Å². The van der Waals surface area contributed by atoms with E-state index in [1.807, 2.05) is 25.1 Å². The molecule has 4 nitrogen and oxygen atoms in total. The van der Waals surface area contributed by atoms with Gasteiger partial charge < -0.3 is 4.90 Å². The van der Waals surface area contributed by atoms with Gasteiger partial charge >= 0.3 is 28.3 Å². The molecule has 0 spiro atoms. The minimum atomic E-state index is 0.720. The molecule has 0 saturated carbocycles. The van der Waals surface area contributed by atoms with Crippen LogP contribution in [0, 0.1) is 0 Å². The maximum atomic E-state index is 5.39. The molecule has 1 N–H and O–H groups in total. The Morgan fingerprint density at radius 1 is 1.29 bits per heavy atom. The van der Waals surface area contributed by atoms with Crippen LogP contribution in [-0.4, -0.2) is 33.8 Å². The zero-order chi connectivity index (χ0) is 15.5. The number of likely N-dealkylation sites (tertiary alicyclic amines) is 1. The summed E-state index contributed by atoms with van der Waals surface area (Å²) in [6.07, 6.45) is 6.79. The minimum absolute atomic E-state index is 0.720. The van der Waals surface area contributed by atoms with Crippen LogP contribution in [0.15, 0.2) is 29.5 Å². The van der Waals surface area contributed by atoms with E-state index >= 15 is 0 Å². The van der Waals surface area contributed by atoms with Gasteiger partial charge in [0.2, 0.25) is 0 Å². The number of hydrogen-bond donors (Lipinski definition) is 1. The fourth-order valence-electron chi connectivity index (χ4n) is 2.11. The molecule has 1 aliphatic heterocycles. The van der Waals surface area contributed by atoms with Gasteiger partial charge in [-0.3, -0.25) is 10.4 Å². The molecule has 0 aliphatic carbocycles. The number of nitrogens with one attached hydrogen (secondary N) is 1. The average Bonchev–Trinajstić information content (AvgIpc) is 2.84. The molecule has 7 heteroatoms. The molecule has 0 bridgehead atoms. The molecule has 1 fully saturated rings. The molecule has 1 aromatic rings. The number of halogens is 1. The Morgan fingerprint density at radius 3 is 2.52 bits per heavy atom. The molecule has 2 heterocycles. The van der Waals surface area contributed by atoms with Crippen LogP contribution in [-0.2, 0) is 14.2 Å². The van der Waals surface area contributed by atoms with Crippen molar-refractivity contribution in [1.82, 2.24) is 15.3 Å². The van der Waals surface area contributed by atoms with Crippen molar-refractivity contribution >= 4 is 37.2 Å². The molecule has 1 aromatic heterocycles. The quantitative estimate of drug-likeness (QED) is 0.345. The third-order valence-electron chi connectivity index (χ3n) is 3.25. The predicted molar refractivity (Wildman–Crippen MR) is 91.1 cm³/mol. The molecule has 0 aromatic carbocycles. The summed E-state index contributed by atoms with van der Waals surface area (Å²) in [5.74, 6) is 0. The number of pyridine rings is 1. The summed E-state index contributed by atoms with van der Waals surface area (Å²) < 4.78 is 0. The number of hydrogen-bond acceptors (Lipinski definition) is 3. The van der Waals surface area contributed by atoms with Crippen LogP contribution in [0.1, 0.15) is 38.3 Å². The first-order valence-electron chi connectivity index (χ1n) is 6.89. The molecule has 0 amide bonds. The second-order valence-electron chi connectivity index (χ2n) is 4.73. The van der Waals surface area contributed by atoms with E-state index in [-0.39, 0.29) is 0 Å². The topological polar surface area (TPSA) is 40.5 Å². The van der Waals surface area contributed by atoms with Gasteiger partial charge in [0.05, 0.1) is 11.4 Å². The van der Waals surface area contributed by atoms with Crippen molar-refractivity contribution in [3.63, 3.8) is 0 Å². The fraction of sp³-hybridized carbons (Fsp3) is 0.500. The number of rotatable bonds is 2. The second kappa shape index (κ2) is 11.1. The zero-order valence-corrected chi connectivity index (χ0v) is 15.3. The van der Waals surface area contributed by atoms with Crippen molar-refractivity contribution in [3.05, 3.63) is 30.1 Å². The summed E-state index contributed by atoms with van der Waals surface area (Å²) in [5, 5.41) is 5.04. The number of thiocarbonyl (C=S) groups is 1. The first-order chi connectivity index (χ1) is 10.3. The number of aromatic nitrogens is 1. The molecular weight excluding hydrogens is 400 g/mol.